The van der Waals surface area contributed by atoms with Gasteiger partial charge in [-0.1, -0.05) is 160 Å². The smallest absolute Gasteiger partial charge is 0.305 e. The Labute approximate surface area is 469 Å². The van der Waals surface area contributed by atoms with Gasteiger partial charge in [0.1, 0.15) is 0 Å². The molecule has 0 amide bonds. The number of rotatable bonds is 9. The third-order valence-corrected chi connectivity index (χ3v) is 15.4. The molecule has 11 rings (SSSR count). The number of nitrogens with zero attached hydrogens (tertiary/aromatic N) is 3. The van der Waals surface area contributed by atoms with E-state index in [1.165, 1.54) is 44.5 Å². The van der Waals surface area contributed by atoms with Crippen LogP contribution in [0.3, 0.4) is 0 Å². The van der Waals surface area contributed by atoms with Crippen LogP contribution in [-0.2, 0) is 30.9 Å². The van der Waals surface area contributed by atoms with Gasteiger partial charge in [0.2, 0.25) is 0 Å². The standard InChI is InChI=1S/C73H62N3.Ir/c1-46-47(2)49(4)71(70(48(46)3)56-33-31-55(32-34-56)69-45-61(38-40-75-69)73(8,9)10)59-42-57(64-20-14-12-18-62(64)50-23-27-53(28-24-50)67-36-35-52-17-11-16-22-66(52)76-67)41-58(43-59)65-21-15-13-19-63(65)51-25-29-54(30-26-51)68-44-60(37-39-74-68)72(5,6)7;/h11-27,29,31,33-45H,1-10H3;/q-3;+3. The predicted octanol–water partition coefficient (Wildman–Crippen LogP) is 19.3. The van der Waals surface area contributed by atoms with Crippen molar-refractivity contribution in [2.45, 2.75) is 80.1 Å². The van der Waals surface area contributed by atoms with E-state index in [0.29, 0.717) is 0 Å². The van der Waals surface area contributed by atoms with E-state index >= 15 is 0 Å². The molecule has 3 aromatic heterocycles. The molecule has 0 spiro atoms. The van der Waals surface area contributed by atoms with Gasteiger partial charge in [0.15, 0.2) is 0 Å². The van der Waals surface area contributed by atoms with Crippen LogP contribution in [0.15, 0.2) is 194 Å². The number of hydrogen-bond donors (Lipinski definition) is 0. The van der Waals surface area contributed by atoms with Crippen LogP contribution in [0.2, 0.25) is 0 Å². The average Bonchev–Trinajstić information content (AvgIpc) is 3.45. The van der Waals surface area contributed by atoms with Gasteiger partial charge in [-0.05, 0) is 170 Å². The summed E-state index contributed by atoms with van der Waals surface area (Å²) in [7, 11) is 0. The summed E-state index contributed by atoms with van der Waals surface area (Å²) in [5.41, 5.74) is 27.9. The van der Waals surface area contributed by atoms with Crippen LogP contribution in [0, 0.1) is 45.9 Å². The average molecular weight is 1170 g/mol. The molecule has 0 aliphatic rings. The molecule has 8 aromatic carbocycles. The van der Waals surface area contributed by atoms with Crippen molar-refractivity contribution in [1.29, 1.82) is 0 Å². The molecule has 3 heterocycles. The summed E-state index contributed by atoms with van der Waals surface area (Å²) in [5, 5.41) is 1.12. The Balaban J connectivity index is 0.00000672. The second kappa shape index (κ2) is 21.3. The Morgan fingerprint density at radius 1 is 0.351 bits per heavy atom. The predicted molar refractivity (Wildman–Crippen MR) is 319 cm³/mol. The molecule has 0 bridgehead atoms. The van der Waals surface area contributed by atoms with Crippen LogP contribution in [0.4, 0.5) is 0 Å². The number of benzene rings is 8. The summed E-state index contributed by atoms with van der Waals surface area (Å²) in [5.74, 6) is 0. The summed E-state index contributed by atoms with van der Waals surface area (Å²) in [6.07, 6.45) is 3.83. The Morgan fingerprint density at radius 3 is 1.21 bits per heavy atom. The fourth-order valence-corrected chi connectivity index (χ4v) is 10.6. The first-order chi connectivity index (χ1) is 36.6. The van der Waals surface area contributed by atoms with Gasteiger partial charge in [-0.3, -0.25) is 4.98 Å². The molecule has 4 heteroatoms. The molecule has 77 heavy (non-hydrogen) atoms. The second-order valence-electron chi connectivity index (χ2n) is 22.4. The van der Waals surface area contributed by atoms with Gasteiger partial charge in [0.25, 0.3) is 0 Å². The molecule has 0 fully saturated rings. The number of hydrogen-bond acceptors (Lipinski definition) is 3. The molecule has 0 N–H and O–H groups in total. The van der Waals surface area contributed by atoms with E-state index in [-0.39, 0.29) is 30.9 Å². The Morgan fingerprint density at radius 2 is 0.753 bits per heavy atom. The maximum absolute atomic E-state index is 4.99. The topological polar surface area (TPSA) is 38.7 Å². The largest absolute Gasteiger partial charge is 3.00 e. The first-order valence-corrected chi connectivity index (χ1v) is 26.4. The Kier molecular flexibility index (Phi) is 14.5. The third kappa shape index (κ3) is 10.5. The summed E-state index contributed by atoms with van der Waals surface area (Å²) >= 11 is 0. The first-order valence-electron chi connectivity index (χ1n) is 26.4. The van der Waals surface area contributed by atoms with Crippen LogP contribution in [0.5, 0.6) is 0 Å². The van der Waals surface area contributed by atoms with Crippen molar-refractivity contribution in [2.75, 3.05) is 0 Å². The van der Waals surface area contributed by atoms with Gasteiger partial charge in [0, 0.05) is 12.4 Å². The van der Waals surface area contributed by atoms with E-state index in [4.69, 9.17) is 15.0 Å². The van der Waals surface area contributed by atoms with Crippen LogP contribution in [0.1, 0.15) is 74.9 Å². The van der Waals surface area contributed by atoms with E-state index in [1.807, 2.05) is 18.5 Å². The minimum absolute atomic E-state index is 0. The molecule has 0 saturated heterocycles. The van der Waals surface area contributed by atoms with Gasteiger partial charge < -0.3 is 9.97 Å². The van der Waals surface area contributed by atoms with Gasteiger partial charge in [-0.15, -0.1) is 89.5 Å². The maximum Gasteiger partial charge on any atom is 3.00 e. The van der Waals surface area contributed by atoms with Gasteiger partial charge in [-0.25, -0.2) is 0 Å². The number of fused-ring (bicyclic) bond motifs is 1. The molecule has 0 unspecified atom stereocenters. The Bertz CT molecular complexity index is 3970. The first kappa shape index (κ1) is 52.6. The number of aromatic nitrogens is 3. The molecule has 0 radical (unpaired) electrons. The molecule has 0 aliphatic heterocycles. The minimum atomic E-state index is 0. The van der Waals surface area contributed by atoms with Gasteiger partial charge >= 0.3 is 20.1 Å². The zero-order valence-corrected chi connectivity index (χ0v) is 48.0. The van der Waals surface area contributed by atoms with E-state index in [9.17, 15) is 0 Å². The summed E-state index contributed by atoms with van der Waals surface area (Å²) < 4.78 is 0. The van der Waals surface area contributed by atoms with Crippen LogP contribution < -0.4 is 0 Å². The third-order valence-electron chi connectivity index (χ3n) is 15.4. The summed E-state index contributed by atoms with van der Waals surface area (Å²) in [6, 6.07) is 76.4. The fourth-order valence-electron chi connectivity index (χ4n) is 10.6. The van der Waals surface area contributed by atoms with E-state index in [0.717, 1.165) is 100 Å². The molecule has 0 saturated carbocycles. The van der Waals surface area contributed by atoms with Crippen molar-refractivity contribution in [2.24, 2.45) is 0 Å². The zero-order chi connectivity index (χ0) is 52.9. The molecule has 11 aromatic rings. The summed E-state index contributed by atoms with van der Waals surface area (Å²) in [4.78, 5) is 14.6. The molecule has 0 atom stereocenters. The van der Waals surface area contributed by atoms with Crippen LogP contribution in [-0.4, -0.2) is 15.0 Å². The van der Waals surface area contributed by atoms with Crippen LogP contribution >= 0.6 is 0 Å². The van der Waals surface area contributed by atoms with Crippen LogP contribution in [0.25, 0.3) is 111 Å². The van der Waals surface area contributed by atoms with E-state index in [2.05, 4.69) is 263 Å². The van der Waals surface area contributed by atoms with Crippen molar-refractivity contribution in [1.82, 2.24) is 15.0 Å². The van der Waals surface area contributed by atoms with Crippen molar-refractivity contribution in [3.05, 3.63) is 246 Å². The monoisotopic (exact) mass is 1170 g/mol. The normalized spacial score (nSPS) is 11.7. The van der Waals surface area contributed by atoms with Crippen molar-refractivity contribution in [3.8, 4) is 101 Å². The number of pyridine rings is 3. The molecular formula is C73H62IrN3. The van der Waals surface area contributed by atoms with E-state index in [1.54, 1.807) is 0 Å². The molecule has 0 aliphatic carbocycles. The minimum Gasteiger partial charge on any atom is -0.305 e. The molecule has 378 valence electrons. The molecule has 3 nitrogen and oxygen atoms in total. The maximum atomic E-state index is 4.99. The van der Waals surface area contributed by atoms with Gasteiger partial charge in [0.05, 0.1) is 5.52 Å². The molecular weight excluding hydrogens is 1110 g/mol. The number of para-hydroxylation sites is 1. The van der Waals surface area contributed by atoms with Crippen molar-refractivity contribution < 1.29 is 20.1 Å². The Hall–Kier alpha value is -7.88. The van der Waals surface area contributed by atoms with Crippen molar-refractivity contribution >= 4 is 10.9 Å². The zero-order valence-electron chi connectivity index (χ0n) is 45.7. The van der Waals surface area contributed by atoms with E-state index < -0.39 is 0 Å². The van der Waals surface area contributed by atoms with Gasteiger partial charge in [-0.2, -0.15) is 0 Å². The SMILES string of the molecule is Cc1c(C)c(C)c(-c2cc(-c3ccccc3-c3c[c-]c(-c4cc(C(C)(C)C)ccn4)cc3)cc(-c3ccccc3-c3c[c-]c(-c4ccc5ccccc5n4)cc3)c2)c(-c2c[c-]c(-c3cc(C(C)(C)C)ccn3)cc2)c1C.[Ir+3]. The fraction of sp³-hybridized carbons (Fsp3) is 0.164. The summed E-state index contributed by atoms with van der Waals surface area (Å²) in [6.45, 7) is 22.5. The quantitative estimate of drug-likeness (QED) is 0.135. The van der Waals surface area contributed by atoms with Crippen molar-refractivity contribution in [3.63, 3.8) is 0 Å². The second-order valence-corrected chi connectivity index (χ2v) is 22.4.